The quantitative estimate of drug-likeness (QED) is 0.394. The molecule has 0 aliphatic heterocycles. The second kappa shape index (κ2) is 9.96. The Morgan fingerprint density at radius 3 is 2.44 bits per heavy atom. The Hall–Kier alpha value is -3.87. The largest absolute Gasteiger partial charge is 0.506 e. The Morgan fingerprint density at radius 1 is 0.969 bits per heavy atom. The van der Waals surface area contributed by atoms with E-state index in [1.807, 2.05) is 54.6 Å². The van der Waals surface area contributed by atoms with Crippen LogP contribution in [0.4, 0.5) is 4.79 Å². The van der Waals surface area contributed by atoms with Gasteiger partial charge in [-0.05, 0) is 53.8 Å². The lowest BCUT2D eigenvalue weighted by molar-refractivity contribution is 0.144. The molecule has 1 amide bonds. The predicted octanol–water partition coefficient (Wildman–Crippen LogP) is 4.74. The Labute approximate surface area is 186 Å². The Kier molecular flexibility index (Phi) is 6.65. The van der Waals surface area contributed by atoms with Gasteiger partial charge in [0, 0.05) is 6.54 Å². The number of rotatable bonds is 8. The van der Waals surface area contributed by atoms with Gasteiger partial charge in [0.1, 0.15) is 22.5 Å². The predicted molar refractivity (Wildman–Crippen MR) is 123 cm³/mol. The molecule has 0 saturated carbocycles. The van der Waals surface area contributed by atoms with Gasteiger partial charge in [-0.2, -0.15) is 0 Å². The number of hydrogen-bond acceptors (Lipinski definition) is 5. The summed E-state index contributed by atoms with van der Waals surface area (Å²) in [4.78, 5) is 13.2. The zero-order chi connectivity index (χ0) is 22.3. The molecule has 164 valence electrons. The SMILES string of the molecule is CCCCOC(=O)NCc1cccc(Cc2ccc(O)c(-n3nc4ccccc4n3)c2)c1. The number of fused-ring (bicyclic) bond motifs is 1. The monoisotopic (exact) mass is 430 g/mol. The molecule has 0 fully saturated rings. The number of nitrogens with zero attached hydrogens (tertiary/aromatic N) is 3. The molecule has 7 heteroatoms. The number of benzene rings is 3. The van der Waals surface area contributed by atoms with E-state index in [0.29, 0.717) is 25.3 Å². The number of aromatic hydroxyl groups is 1. The maximum absolute atomic E-state index is 11.8. The van der Waals surface area contributed by atoms with Crippen LogP contribution in [0.5, 0.6) is 5.75 Å². The van der Waals surface area contributed by atoms with Crippen molar-refractivity contribution < 1.29 is 14.6 Å². The molecular formula is C25H26N4O3. The maximum Gasteiger partial charge on any atom is 0.407 e. The van der Waals surface area contributed by atoms with Crippen LogP contribution < -0.4 is 5.32 Å². The first-order valence-corrected chi connectivity index (χ1v) is 10.7. The van der Waals surface area contributed by atoms with Crippen molar-refractivity contribution in [1.82, 2.24) is 20.3 Å². The number of phenols is 1. The van der Waals surface area contributed by atoms with Crippen LogP contribution in [-0.4, -0.2) is 32.8 Å². The van der Waals surface area contributed by atoms with Gasteiger partial charge in [-0.15, -0.1) is 15.0 Å². The normalized spacial score (nSPS) is 10.9. The van der Waals surface area contributed by atoms with E-state index in [4.69, 9.17) is 4.74 Å². The zero-order valence-electron chi connectivity index (χ0n) is 18.0. The highest BCUT2D eigenvalue weighted by Gasteiger charge is 2.10. The average Bonchev–Trinajstić information content (AvgIpc) is 3.23. The molecule has 0 unspecified atom stereocenters. The second-order valence-corrected chi connectivity index (χ2v) is 7.64. The minimum atomic E-state index is -0.397. The molecule has 7 nitrogen and oxygen atoms in total. The van der Waals surface area contributed by atoms with Crippen molar-refractivity contribution in [3.8, 4) is 11.4 Å². The van der Waals surface area contributed by atoms with Crippen molar-refractivity contribution in [1.29, 1.82) is 0 Å². The number of alkyl carbamates (subject to hydrolysis) is 1. The fourth-order valence-electron chi connectivity index (χ4n) is 3.43. The number of amides is 1. The lowest BCUT2D eigenvalue weighted by Crippen LogP contribution is -2.24. The molecule has 0 radical (unpaired) electrons. The topological polar surface area (TPSA) is 89.3 Å². The van der Waals surface area contributed by atoms with Crippen molar-refractivity contribution in [3.63, 3.8) is 0 Å². The van der Waals surface area contributed by atoms with E-state index in [1.165, 1.54) is 4.80 Å². The minimum Gasteiger partial charge on any atom is -0.506 e. The van der Waals surface area contributed by atoms with Gasteiger partial charge in [-0.3, -0.25) is 0 Å². The number of ether oxygens (including phenoxy) is 1. The van der Waals surface area contributed by atoms with Crippen LogP contribution in [0.1, 0.15) is 36.5 Å². The summed E-state index contributed by atoms with van der Waals surface area (Å²) in [6.45, 7) is 2.90. The van der Waals surface area contributed by atoms with Crippen molar-refractivity contribution in [2.24, 2.45) is 0 Å². The summed E-state index contributed by atoms with van der Waals surface area (Å²) < 4.78 is 5.13. The average molecular weight is 431 g/mol. The highest BCUT2D eigenvalue weighted by atomic mass is 16.5. The summed E-state index contributed by atoms with van der Waals surface area (Å²) in [5, 5.41) is 22.1. The van der Waals surface area contributed by atoms with Crippen LogP contribution in [0.25, 0.3) is 16.7 Å². The van der Waals surface area contributed by atoms with E-state index in [2.05, 4.69) is 28.5 Å². The van der Waals surface area contributed by atoms with Gasteiger partial charge in [0.05, 0.1) is 6.61 Å². The summed E-state index contributed by atoms with van der Waals surface area (Å²) >= 11 is 0. The fourth-order valence-corrected chi connectivity index (χ4v) is 3.43. The first kappa shape index (κ1) is 21.4. The fraction of sp³-hybridized carbons (Fsp3) is 0.240. The molecule has 1 aromatic heterocycles. The van der Waals surface area contributed by atoms with E-state index in [1.54, 1.807) is 6.07 Å². The van der Waals surface area contributed by atoms with Crippen LogP contribution in [0, 0.1) is 0 Å². The van der Waals surface area contributed by atoms with Gasteiger partial charge >= 0.3 is 6.09 Å². The Balaban J connectivity index is 1.46. The van der Waals surface area contributed by atoms with E-state index in [-0.39, 0.29) is 5.75 Å². The van der Waals surface area contributed by atoms with Crippen LogP contribution in [-0.2, 0) is 17.7 Å². The maximum atomic E-state index is 11.8. The van der Waals surface area contributed by atoms with Gasteiger partial charge in [-0.1, -0.05) is 55.8 Å². The summed E-state index contributed by atoms with van der Waals surface area (Å²) in [6, 6.07) is 21.1. The number of phenolic OH excluding ortho intramolecular Hbond substituents is 1. The van der Waals surface area contributed by atoms with Crippen molar-refractivity contribution in [2.75, 3.05) is 6.61 Å². The number of hydrogen-bond donors (Lipinski definition) is 2. The van der Waals surface area contributed by atoms with Gasteiger partial charge < -0.3 is 15.2 Å². The number of nitrogens with one attached hydrogen (secondary N) is 1. The summed E-state index contributed by atoms with van der Waals surface area (Å²) in [5.41, 5.74) is 5.18. The first-order chi connectivity index (χ1) is 15.6. The molecule has 2 N–H and O–H groups in total. The third kappa shape index (κ3) is 5.24. The van der Waals surface area contributed by atoms with Gasteiger partial charge in [0.25, 0.3) is 0 Å². The molecular weight excluding hydrogens is 404 g/mol. The van der Waals surface area contributed by atoms with Gasteiger partial charge in [0.2, 0.25) is 0 Å². The minimum absolute atomic E-state index is 0.119. The molecule has 0 saturated heterocycles. The number of carbonyl (C=O) groups excluding carboxylic acids is 1. The van der Waals surface area contributed by atoms with E-state index in [9.17, 15) is 9.90 Å². The molecule has 1 heterocycles. The highest BCUT2D eigenvalue weighted by molar-refractivity contribution is 5.73. The molecule has 4 rings (SSSR count). The molecule has 0 atom stereocenters. The molecule has 4 aromatic rings. The zero-order valence-corrected chi connectivity index (χ0v) is 18.0. The highest BCUT2D eigenvalue weighted by Crippen LogP contribution is 2.24. The van der Waals surface area contributed by atoms with Crippen LogP contribution in [0.15, 0.2) is 66.7 Å². The van der Waals surface area contributed by atoms with Crippen molar-refractivity contribution in [2.45, 2.75) is 32.7 Å². The first-order valence-electron chi connectivity index (χ1n) is 10.7. The summed E-state index contributed by atoms with van der Waals surface area (Å²) in [6.07, 6.45) is 2.12. The lowest BCUT2D eigenvalue weighted by atomic mass is 10.0. The van der Waals surface area contributed by atoms with Crippen molar-refractivity contribution in [3.05, 3.63) is 83.4 Å². The third-order valence-electron chi connectivity index (χ3n) is 5.11. The van der Waals surface area contributed by atoms with E-state index < -0.39 is 6.09 Å². The summed E-state index contributed by atoms with van der Waals surface area (Å²) in [5.74, 6) is 0.119. The lowest BCUT2D eigenvalue weighted by Gasteiger charge is -2.10. The Morgan fingerprint density at radius 2 is 1.69 bits per heavy atom. The van der Waals surface area contributed by atoms with Crippen LogP contribution in [0.3, 0.4) is 0 Å². The number of carbonyl (C=O) groups is 1. The smallest absolute Gasteiger partial charge is 0.407 e. The number of unbranched alkanes of at least 4 members (excludes halogenated alkanes) is 1. The molecule has 32 heavy (non-hydrogen) atoms. The molecule has 0 spiro atoms. The number of aromatic nitrogens is 3. The molecule has 0 aliphatic rings. The van der Waals surface area contributed by atoms with E-state index in [0.717, 1.165) is 40.6 Å². The summed E-state index contributed by atoms with van der Waals surface area (Å²) in [7, 11) is 0. The van der Waals surface area contributed by atoms with Crippen LogP contribution in [0.2, 0.25) is 0 Å². The standard InChI is InChI=1S/C25H26N4O3/c1-2-3-13-32-25(31)26-17-20-8-6-7-18(15-20)14-19-11-12-24(30)23(16-19)29-27-21-9-4-5-10-22(21)28-29/h4-12,15-16,30H,2-3,13-14,17H2,1H3,(H,26,31). The van der Waals surface area contributed by atoms with Gasteiger partial charge in [0.15, 0.2) is 0 Å². The molecule has 0 aliphatic carbocycles. The molecule has 0 bridgehead atoms. The van der Waals surface area contributed by atoms with Gasteiger partial charge in [-0.25, -0.2) is 4.79 Å². The van der Waals surface area contributed by atoms with Crippen LogP contribution >= 0.6 is 0 Å². The Bertz CT molecular complexity index is 1190. The second-order valence-electron chi connectivity index (χ2n) is 7.64. The van der Waals surface area contributed by atoms with E-state index >= 15 is 0 Å². The molecule has 3 aromatic carbocycles. The third-order valence-corrected chi connectivity index (χ3v) is 5.11. The van der Waals surface area contributed by atoms with Crippen molar-refractivity contribution >= 4 is 17.1 Å².